The Balaban J connectivity index is 1.85. The Kier molecular flexibility index (Phi) is 4.39. The van der Waals surface area contributed by atoms with Gasteiger partial charge in [-0.25, -0.2) is 4.98 Å². The first-order valence-corrected chi connectivity index (χ1v) is 7.49. The average molecular weight is 317 g/mol. The van der Waals surface area contributed by atoms with E-state index in [0.29, 0.717) is 4.34 Å². The number of thioether (sulfide) groups is 1. The van der Waals surface area contributed by atoms with E-state index in [1.165, 1.54) is 23.1 Å². The van der Waals surface area contributed by atoms with Crippen molar-refractivity contribution in [3.63, 3.8) is 0 Å². The Bertz CT molecular complexity index is 610. The van der Waals surface area contributed by atoms with Gasteiger partial charge in [-0.3, -0.25) is 14.9 Å². The first kappa shape index (κ1) is 13.8. The molecule has 0 unspecified atom stereocenters. The van der Waals surface area contributed by atoms with Crippen molar-refractivity contribution in [1.29, 1.82) is 0 Å². The number of anilines is 1. The van der Waals surface area contributed by atoms with Crippen LogP contribution in [0.4, 0.5) is 10.1 Å². The lowest BCUT2D eigenvalue weighted by Gasteiger charge is -1.98. The first-order chi connectivity index (χ1) is 9.04. The van der Waals surface area contributed by atoms with E-state index in [1.54, 1.807) is 0 Å². The summed E-state index contributed by atoms with van der Waals surface area (Å²) in [4.78, 5) is 25.2. The van der Waals surface area contributed by atoms with Crippen LogP contribution in [0.25, 0.3) is 0 Å². The van der Waals surface area contributed by atoms with Gasteiger partial charge in [0.25, 0.3) is 0 Å². The molecule has 1 amide bonds. The largest absolute Gasteiger partial charge is 0.345 e. The molecule has 11 heteroatoms. The van der Waals surface area contributed by atoms with E-state index < -0.39 is 4.92 Å². The summed E-state index contributed by atoms with van der Waals surface area (Å²) >= 11 is 3.48. The van der Waals surface area contributed by atoms with Crippen LogP contribution in [0.3, 0.4) is 0 Å². The standard InChI is InChI=1S/C8H7N5O3S3/c1-4-11-12-8(18-4)17-3-5(14)10-7-9-2-6(19-7)13(15)16/h2H,3H2,1H3,(H,9,10,14). The Morgan fingerprint density at radius 2 is 2.32 bits per heavy atom. The van der Waals surface area contributed by atoms with Crippen LogP contribution in [0.5, 0.6) is 0 Å². The molecule has 2 rings (SSSR count). The third kappa shape index (κ3) is 3.94. The molecule has 0 aliphatic heterocycles. The fraction of sp³-hybridized carbons (Fsp3) is 0.250. The number of nitrogens with zero attached hydrogens (tertiary/aromatic N) is 4. The zero-order valence-electron chi connectivity index (χ0n) is 9.52. The highest BCUT2D eigenvalue weighted by atomic mass is 32.2. The van der Waals surface area contributed by atoms with Crippen LogP contribution in [-0.2, 0) is 4.79 Å². The van der Waals surface area contributed by atoms with Crippen LogP contribution in [0, 0.1) is 17.0 Å². The lowest BCUT2D eigenvalue weighted by molar-refractivity contribution is -0.380. The van der Waals surface area contributed by atoms with Crippen molar-refractivity contribution < 1.29 is 9.72 Å². The Morgan fingerprint density at radius 3 is 2.89 bits per heavy atom. The quantitative estimate of drug-likeness (QED) is 0.509. The van der Waals surface area contributed by atoms with Crippen molar-refractivity contribution in [1.82, 2.24) is 15.2 Å². The fourth-order valence-corrected chi connectivity index (χ4v) is 3.29. The summed E-state index contributed by atoms with van der Waals surface area (Å²) < 4.78 is 0.706. The second-order valence-corrected chi connectivity index (χ2v) is 6.60. The number of rotatable bonds is 5. The van der Waals surface area contributed by atoms with Gasteiger partial charge >= 0.3 is 5.00 Å². The number of thiazole rings is 1. The lowest BCUT2D eigenvalue weighted by atomic mass is 10.7. The minimum atomic E-state index is -0.550. The molecule has 0 spiro atoms. The summed E-state index contributed by atoms with van der Waals surface area (Å²) in [5, 5.41) is 21.6. The molecule has 2 heterocycles. The maximum absolute atomic E-state index is 11.6. The molecule has 0 saturated heterocycles. The zero-order valence-corrected chi connectivity index (χ0v) is 12.0. The summed E-state index contributed by atoms with van der Waals surface area (Å²) in [5.41, 5.74) is 0. The van der Waals surface area contributed by atoms with Gasteiger partial charge < -0.3 is 5.32 Å². The highest BCUT2D eigenvalue weighted by Crippen LogP contribution is 2.26. The van der Waals surface area contributed by atoms with E-state index in [-0.39, 0.29) is 21.8 Å². The van der Waals surface area contributed by atoms with Crippen molar-refractivity contribution in [2.24, 2.45) is 0 Å². The molecule has 2 aromatic rings. The van der Waals surface area contributed by atoms with Gasteiger partial charge in [0, 0.05) is 0 Å². The normalized spacial score (nSPS) is 10.4. The Morgan fingerprint density at radius 1 is 1.53 bits per heavy atom. The van der Waals surface area contributed by atoms with Gasteiger partial charge in [0.2, 0.25) is 5.91 Å². The van der Waals surface area contributed by atoms with Gasteiger partial charge in [-0.2, -0.15) is 0 Å². The Hall–Kier alpha value is -1.59. The molecule has 0 fully saturated rings. The monoisotopic (exact) mass is 317 g/mol. The number of amides is 1. The van der Waals surface area contributed by atoms with E-state index in [9.17, 15) is 14.9 Å². The van der Waals surface area contributed by atoms with E-state index in [0.717, 1.165) is 22.5 Å². The molecule has 100 valence electrons. The van der Waals surface area contributed by atoms with Crippen LogP contribution in [-0.4, -0.2) is 31.8 Å². The maximum Gasteiger partial charge on any atom is 0.345 e. The predicted molar refractivity (Wildman–Crippen MR) is 72.8 cm³/mol. The molecule has 0 aliphatic rings. The van der Waals surface area contributed by atoms with Crippen LogP contribution >= 0.6 is 34.4 Å². The van der Waals surface area contributed by atoms with Crippen molar-refractivity contribution in [3.8, 4) is 0 Å². The number of aromatic nitrogens is 3. The minimum Gasteiger partial charge on any atom is -0.301 e. The SMILES string of the molecule is Cc1nnc(SCC(=O)Nc2ncc([N+](=O)[O-])s2)s1. The van der Waals surface area contributed by atoms with Crippen LogP contribution in [0.15, 0.2) is 10.5 Å². The summed E-state index contributed by atoms with van der Waals surface area (Å²) in [6.45, 7) is 1.83. The highest BCUT2D eigenvalue weighted by molar-refractivity contribution is 8.01. The van der Waals surface area contributed by atoms with E-state index in [2.05, 4.69) is 20.5 Å². The molecule has 0 aromatic carbocycles. The molecular formula is C8H7N5O3S3. The summed E-state index contributed by atoms with van der Waals surface area (Å²) in [6, 6.07) is 0. The number of nitro groups is 1. The topological polar surface area (TPSA) is 111 Å². The molecular weight excluding hydrogens is 310 g/mol. The van der Waals surface area contributed by atoms with Gasteiger partial charge in [0.1, 0.15) is 11.2 Å². The zero-order chi connectivity index (χ0) is 13.8. The molecule has 0 atom stereocenters. The van der Waals surface area contributed by atoms with Crippen molar-refractivity contribution in [2.45, 2.75) is 11.3 Å². The molecule has 0 radical (unpaired) electrons. The number of carbonyl (C=O) groups is 1. The van der Waals surface area contributed by atoms with Gasteiger partial charge in [-0.15, -0.1) is 10.2 Å². The predicted octanol–water partition coefficient (Wildman–Crippen LogP) is 1.94. The smallest absolute Gasteiger partial charge is 0.301 e. The molecule has 0 saturated carbocycles. The third-order valence-corrected chi connectivity index (χ3v) is 4.59. The molecule has 2 aromatic heterocycles. The Labute approximate surface area is 119 Å². The van der Waals surface area contributed by atoms with Gasteiger partial charge in [-0.05, 0) is 18.3 Å². The highest BCUT2D eigenvalue weighted by Gasteiger charge is 2.14. The number of hydrogen-bond donors (Lipinski definition) is 1. The van der Waals surface area contributed by atoms with Gasteiger partial charge in [0.05, 0.1) is 10.7 Å². The lowest BCUT2D eigenvalue weighted by Crippen LogP contribution is -2.13. The van der Waals surface area contributed by atoms with Crippen molar-refractivity contribution in [2.75, 3.05) is 11.1 Å². The van der Waals surface area contributed by atoms with E-state index in [4.69, 9.17) is 0 Å². The molecule has 19 heavy (non-hydrogen) atoms. The average Bonchev–Trinajstić information content (AvgIpc) is 2.96. The summed E-state index contributed by atoms with van der Waals surface area (Å²) in [6.07, 6.45) is 1.11. The number of carbonyl (C=O) groups excluding carboxylic acids is 1. The number of nitrogens with one attached hydrogen (secondary N) is 1. The van der Waals surface area contributed by atoms with Gasteiger partial charge in [0.15, 0.2) is 9.47 Å². The fourth-order valence-electron chi connectivity index (χ4n) is 1.03. The van der Waals surface area contributed by atoms with E-state index >= 15 is 0 Å². The van der Waals surface area contributed by atoms with Gasteiger partial charge in [-0.1, -0.05) is 23.1 Å². The molecule has 8 nitrogen and oxygen atoms in total. The second kappa shape index (κ2) is 6.04. The van der Waals surface area contributed by atoms with Crippen molar-refractivity contribution >= 4 is 50.5 Å². The van der Waals surface area contributed by atoms with Crippen molar-refractivity contribution in [3.05, 3.63) is 21.3 Å². The minimum absolute atomic E-state index is 0.109. The maximum atomic E-state index is 11.6. The first-order valence-electron chi connectivity index (χ1n) is 4.87. The van der Waals surface area contributed by atoms with Crippen LogP contribution in [0.2, 0.25) is 0 Å². The summed E-state index contributed by atoms with van der Waals surface area (Å²) in [5.74, 6) is -0.135. The summed E-state index contributed by atoms with van der Waals surface area (Å²) in [7, 11) is 0. The molecule has 0 aliphatic carbocycles. The third-order valence-electron chi connectivity index (χ3n) is 1.75. The van der Waals surface area contributed by atoms with E-state index in [1.807, 2.05) is 6.92 Å². The molecule has 1 N–H and O–H groups in total. The number of aryl methyl sites for hydroxylation is 1. The molecule has 0 bridgehead atoms. The second-order valence-electron chi connectivity index (χ2n) is 3.18. The number of hydrogen-bond acceptors (Lipinski definition) is 9. The van der Waals surface area contributed by atoms with Crippen LogP contribution < -0.4 is 5.32 Å². The van der Waals surface area contributed by atoms with Crippen LogP contribution in [0.1, 0.15) is 5.01 Å².